The lowest BCUT2D eigenvalue weighted by molar-refractivity contribution is 0.488. The number of nitrogens with zero attached hydrogens (tertiary/aromatic N) is 7. The van der Waals surface area contributed by atoms with E-state index in [4.69, 9.17) is 4.55 Å². The summed E-state index contributed by atoms with van der Waals surface area (Å²) < 4.78 is 31.3. The second-order valence-electron chi connectivity index (χ2n) is 3.14. The lowest BCUT2D eigenvalue weighted by atomic mass is 10.4. The van der Waals surface area contributed by atoms with E-state index in [2.05, 4.69) is 48.8 Å². The van der Waals surface area contributed by atoms with Gasteiger partial charge in [0.1, 0.15) is 12.3 Å². The van der Waals surface area contributed by atoms with Crippen molar-refractivity contribution >= 4 is 22.7 Å². The Balaban J connectivity index is 2.17. The van der Waals surface area contributed by atoms with Crippen LogP contribution in [0, 0.1) is 5.75 Å². The SMILES string of the molecule is O=S(=O)(O)[CH]C(S)c1nnnn1Cc1nnn[nH]1. The molecule has 0 aliphatic rings. The normalized spacial score (nSPS) is 13.7. The molecule has 2 aromatic heterocycles. The van der Waals surface area contributed by atoms with Crippen LogP contribution < -0.4 is 0 Å². The summed E-state index contributed by atoms with van der Waals surface area (Å²) in [6.07, 6.45) is 0. The highest BCUT2D eigenvalue weighted by Crippen LogP contribution is 2.22. The molecule has 0 saturated carbocycles. The highest BCUT2D eigenvalue weighted by atomic mass is 32.2. The molecule has 2 heterocycles. The van der Waals surface area contributed by atoms with Gasteiger partial charge in [0, 0.05) is 0 Å². The highest BCUT2D eigenvalue weighted by molar-refractivity contribution is 7.89. The third-order valence-electron chi connectivity index (χ3n) is 1.81. The van der Waals surface area contributed by atoms with Crippen LogP contribution in [0.5, 0.6) is 0 Å². The Morgan fingerprint density at radius 2 is 2.22 bits per heavy atom. The number of hydrogen-bond acceptors (Lipinski definition) is 9. The topological polar surface area (TPSA) is 152 Å². The first-order valence-electron chi connectivity index (χ1n) is 4.45. The monoisotopic (exact) mass is 291 g/mol. The summed E-state index contributed by atoms with van der Waals surface area (Å²) in [7, 11) is -4.29. The van der Waals surface area contributed by atoms with E-state index in [-0.39, 0.29) is 12.4 Å². The van der Waals surface area contributed by atoms with Gasteiger partial charge in [0.25, 0.3) is 10.1 Å². The Morgan fingerprint density at radius 3 is 2.83 bits per heavy atom. The first-order chi connectivity index (χ1) is 8.46. The van der Waals surface area contributed by atoms with E-state index in [0.29, 0.717) is 11.6 Å². The van der Waals surface area contributed by atoms with Crippen LogP contribution in [0.15, 0.2) is 0 Å². The van der Waals surface area contributed by atoms with Gasteiger partial charge in [-0.25, -0.2) is 9.78 Å². The van der Waals surface area contributed by atoms with E-state index in [0.717, 1.165) is 0 Å². The molecule has 11 nitrogen and oxygen atoms in total. The number of thiol groups is 1. The molecule has 1 atom stereocenters. The van der Waals surface area contributed by atoms with Gasteiger partial charge in [-0.05, 0) is 20.9 Å². The van der Waals surface area contributed by atoms with E-state index in [9.17, 15) is 8.42 Å². The minimum absolute atomic E-state index is 0.117. The molecule has 0 fully saturated rings. The molecule has 0 saturated heterocycles. The van der Waals surface area contributed by atoms with Crippen LogP contribution in [0.3, 0.4) is 0 Å². The summed E-state index contributed by atoms with van der Waals surface area (Å²) >= 11 is 3.98. The molecule has 2 rings (SSSR count). The summed E-state index contributed by atoms with van der Waals surface area (Å²) in [6.45, 7) is 0.117. The van der Waals surface area contributed by atoms with Crippen molar-refractivity contribution in [2.45, 2.75) is 11.8 Å². The van der Waals surface area contributed by atoms with Crippen molar-refractivity contribution < 1.29 is 13.0 Å². The van der Waals surface area contributed by atoms with Crippen LogP contribution >= 0.6 is 12.6 Å². The average molecular weight is 291 g/mol. The number of hydrogen-bond donors (Lipinski definition) is 3. The molecule has 13 heteroatoms. The number of rotatable bonds is 5. The number of aromatic amines is 1. The third kappa shape index (κ3) is 3.21. The number of aromatic nitrogens is 8. The van der Waals surface area contributed by atoms with Gasteiger partial charge in [0.05, 0.1) is 5.25 Å². The van der Waals surface area contributed by atoms with Crippen molar-refractivity contribution in [3.63, 3.8) is 0 Å². The molecule has 0 aromatic carbocycles. The second-order valence-corrected chi connectivity index (χ2v) is 5.00. The summed E-state index contributed by atoms with van der Waals surface area (Å²) in [4.78, 5) is 0. The maximum atomic E-state index is 10.7. The Hall–Kier alpha value is -1.60. The second kappa shape index (κ2) is 4.95. The van der Waals surface area contributed by atoms with Crippen molar-refractivity contribution in [2.24, 2.45) is 0 Å². The number of H-pyrrole nitrogens is 1. The molecule has 1 radical (unpaired) electrons. The summed E-state index contributed by atoms with van der Waals surface area (Å²) in [5.74, 6) is 1.13. The van der Waals surface area contributed by atoms with Gasteiger partial charge in [-0.1, -0.05) is 0 Å². The zero-order valence-electron chi connectivity index (χ0n) is 8.61. The zero-order chi connectivity index (χ0) is 13.2. The van der Waals surface area contributed by atoms with Crippen molar-refractivity contribution in [1.29, 1.82) is 0 Å². The van der Waals surface area contributed by atoms with E-state index in [1.807, 2.05) is 0 Å². The van der Waals surface area contributed by atoms with Crippen LogP contribution in [-0.4, -0.2) is 53.8 Å². The summed E-state index contributed by atoms with van der Waals surface area (Å²) in [6, 6.07) is 0. The zero-order valence-corrected chi connectivity index (χ0v) is 10.3. The maximum Gasteiger partial charge on any atom is 0.270 e. The van der Waals surface area contributed by atoms with Crippen LogP contribution in [-0.2, 0) is 16.7 Å². The maximum absolute atomic E-state index is 10.7. The molecule has 0 aliphatic carbocycles. The largest absolute Gasteiger partial charge is 0.285 e. The van der Waals surface area contributed by atoms with Crippen LogP contribution in [0.25, 0.3) is 0 Å². The van der Waals surface area contributed by atoms with Crippen LogP contribution in [0.1, 0.15) is 16.9 Å². The Bertz CT molecular complexity index is 606. The summed E-state index contributed by atoms with van der Waals surface area (Å²) in [5, 5.41) is 22.5. The van der Waals surface area contributed by atoms with Crippen molar-refractivity contribution in [3.8, 4) is 0 Å². The van der Waals surface area contributed by atoms with E-state index in [1.54, 1.807) is 0 Å². The van der Waals surface area contributed by atoms with Gasteiger partial charge in [0.15, 0.2) is 11.6 Å². The van der Waals surface area contributed by atoms with Crippen LogP contribution in [0.2, 0.25) is 0 Å². The molecule has 2 N–H and O–H groups in total. The predicted molar refractivity (Wildman–Crippen MR) is 58.7 cm³/mol. The fourth-order valence-corrected chi connectivity index (χ4v) is 2.24. The quantitative estimate of drug-likeness (QED) is 0.430. The smallest absolute Gasteiger partial charge is 0.270 e. The predicted octanol–water partition coefficient (Wildman–Crippen LogP) is -1.75. The minimum Gasteiger partial charge on any atom is -0.285 e. The van der Waals surface area contributed by atoms with E-state index >= 15 is 0 Å². The fourth-order valence-electron chi connectivity index (χ4n) is 1.15. The first kappa shape index (κ1) is 12.8. The lowest BCUT2D eigenvalue weighted by Gasteiger charge is -2.07. The van der Waals surface area contributed by atoms with Crippen molar-refractivity contribution in [2.75, 3.05) is 0 Å². The average Bonchev–Trinajstić information content (AvgIpc) is 2.86. The molecule has 1 unspecified atom stereocenters. The van der Waals surface area contributed by atoms with Gasteiger partial charge >= 0.3 is 0 Å². The fraction of sp³-hybridized carbons (Fsp3) is 0.400. The van der Waals surface area contributed by atoms with Crippen molar-refractivity contribution in [3.05, 3.63) is 17.4 Å². The number of tetrazole rings is 2. The van der Waals surface area contributed by atoms with Gasteiger partial charge < -0.3 is 0 Å². The van der Waals surface area contributed by atoms with Gasteiger partial charge in [-0.15, -0.1) is 10.2 Å². The summed E-state index contributed by atoms with van der Waals surface area (Å²) in [5.41, 5.74) is 0. The highest BCUT2D eigenvalue weighted by Gasteiger charge is 2.22. The van der Waals surface area contributed by atoms with Gasteiger partial charge in [-0.3, -0.25) is 4.55 Å². The third-order valence-corrected chi connectivity index (χ3v) is 3.01. The molecule has 0 bridgehead atoms. The van der Waals surface area contributed by atoms with Gasteiger partial charge in [-0.2, -0.15) is 21.0 Å². The lowest BCUT2D eigenvalue weighted by Crippen LogP contribution is -2.13. The molecule has 2 aromatic rings. The molecule has 0 aliphatic heterocycles. The molecule has 97 valence electrons. The number of nitrogens with one attached hydrogen (secondary N) is 1. The first-order valence-corrected chi connectivity index (χ1v) is 6.47. The van der Waals surface area contributed by atoms with Crippen molar-refractivity contribution in [1.82, 2.24) is 40.8 Å². The molecular formula is C5H7N8O3S2. The minimum atomic E-state index is -4.29. The van der Waals surface area contributed by atoms with E-state index < -0.39 is 15.4 Å². The Kier molecular flexibility index (Phi) is 3.53. The molecule has 0 spiro atoms. The molecule has 0 amide bonds. The molecule has 18 heavy (non-hydrogen) atoms. The Morgan fingerprint density at radius 1 is 1.44 bits per heavy atom. The molecular weight excluding hydrogens is 284 g/mol. The van der Waals surface area contributed by atoms with E-state index in [1.165, 1.54) is 4.68 Å². The standard InChI is InChI=1S/C5H7N8O3S2/c14-18(15,16)2-3(17)5-8-11-12-13(5)1-4-6-9-10-7-4/h2-3,17H,1H2,(H,14,15,16)(H,6,7,9,10). The van der Waals surface area contributed by atoms with Crippen LogP contribution in [0.4, 0.5) is 0 Å². The Labute approximate surface area is 106 Å². The van der Waals surface area contributed by atoms with Gasteiger partial charge in [0.2, 0.25) is 0 Å².